The van der Waals surface area contributed by atoms with Gasteiger partial charge in [-0.25, -0.2) is 8.42 Å². The average Bonchev–Trinajstić information content (AvgIpc) is 3.24. The van der Waals surface area contributed by atoms with Gasteiger partial charge in [-0.1, -0.05) is 36.9 Å². The molecule has 8 nitrogen and oxygen atoms in total. The summed E-state index contributed by atoms with van der Waals surface area (Å²) in [6.07, 6.45) is 1.30. The van der Waals surface area contributed by atoms with Crippen molar-refractivity contribution < 1.29 is 13.2 Å². The van der Waals surface area contributed by atoms with Crippen LogP contribution in [0.1, 0.15) is 25.3 Å². The van der Waals surface area contributed by atoms with E-state index in [0.29, 0.717) is 18.1 Å². The van der Waals surface area contributed by atoms with Crippen molar-refractivity contribution >= 4 is 27.5 Å². The highest BCUT2D eigenvalue weighted by molar-refractivity contribution is 7.99. The van der Waals surface area contributed by atoms with Crippen molar-refractivity contribution in [2.24, 2.45) is 0 Å². The Morgan fingerprint density at radius 2 is 2.15 bits per heavy atom. The molecule has 2 aromatic rings. The van der Waals surface area contributed by atoms with Crippen molar-refractivity contribution in [3.05, 3.63) is 29.8 Å². The number of thioether (sulfide) groups is 1. The third-order valence-corrected chi connectivity index (χ3v) is 7.20. The minimum Gasteiger partial charge on any atom is -0.338 e. The van der Waals surface area contributed by atoms with Crippen LogP contribution in [0.4, 0.5) is 0 Å². The molecule has 0 radical (unpaired) electrons. The summed E-state index contributed by atoms with van der Waals surface area (Å²) in [7, 11) is -3.04. The van der Waals surface area contributed by atoms with Crippen LogP contribution in [0.15, 0.2) is 29.4 Å². The number of nitrogens with zero attached hydrogens (tertiary/aromatic N) is 5. The minimum absolute atomic E-state index is 0.0599. The molecule has 1 aliphatic rings. The number of para-hydroxylation sites is 1. The molecular formula is C17H23N5O3S2. The number of aryl methyl sites for hydroxylation is 1. The lowest BCUT2D eigenvalue weighted by Crippen LogP contribution is -2.42. The van der Waals surface area contributed by atoms with Crippen molar-refractivity contribution in [3.63, 3.8) is 0 Å². The van der Waals surface area contributed by atoms with Crippen molar-refractivity contribution in [2.75, 3.05) is 23.8 Å². The lowest BCUT2D eigenvalue weighted by Gasteiger charge is -2.27. The van der Waals surface area contributed by atoms with Gasteiger partial charge >= 0.3 is 0 Å². The van der Waals surface area contributed by atoms with Gasteiger partial charge in [0, 0.05) is 12.6 Å². The van der Waals surface area contributed by atoms with Gasteiger partial charge in [0.05, 0.1) is 22.9 Å². The number of amides is 1. The fraction of sp³-hybridized carbons (Fsp3) is 0.529. The van der Waals surface area contributed by atoms with E-state index in [2.05, 4.69) is 15.5 Å². The first-order chi connectivity index (χ1) is 12.9. The molecule has 0 saturated carbocycles. The molecule has 1 atom stereocenters. The lowest BCUT2D eigenvalue weighted by molar-refractivity contribution is -0.130. The van der Waals surface area contributed by atoms with Gasteiger partial charge in [0.25, 0.3) is 0 Å². The molecule has 1 fully saturated rings. The van der Waals surface area contributed by atoms with Crippen molar-refractivity contribution in [3.8, 4) is 5.69 Å². The van der Waals surface area contributed by atoms with Crippen LogP contribution < -0.4 is 0 Å². The maximum absolute atomic E-state index is 12.8. The first-order valence-electron chi connectivity index (χ1n) is 8.88. The van der Waals surface area contributed by atoms with Crippen molar-refractivity contribution in [1.29, 1.82) is 0 Å². The van der Waals surface area contributed by atoms with E-state index >= 15 is 0 Å². The van der Waals surface area contributed by atoms with Gasteiger partial charge in [-0.3, -0.25) is 4.79 Å². The molecule has 146 valence electrons. The van der Waals surface area contributed by atoms with Crippen LogP contribution in [-0.4, -0.2) is 69.3 Å². The molecule has 0 bridgehead atoms. The van der Waals surface area contributed by atoms with E-state index in [9.17, 15) is 13.2 Å². The Kier molecular flexibility index (Phi) is 6.15. The number of hydrogen-bond donors (Lipinski definition) is 0. The normalized spacial score (nSPS) is 18.5. The molecule has 1 aliphatic heterocycles. The van der Waals surface area contributed by atoms with E-state index < -0.39 is 9.84 Å². The SMILES string of the molecule is CCCN(C(=O)CSc1nnnn1-c1ccccc1C)C1CCS(=O)(=O)C1. The molecule has 2 heterocycles. The van der Waals surface area contributed by atoms with Crippen LogP contribution in [-0.2, 0) is 14.6 Å². The topological polar surface area (TPSA) is 98.1 Å². The lowest BCUT2D eigenvalue weighted by atomic mass is 10.2. The Balaban J connectivity index is 1.70. The van der Waals surface area contributed by atoms with Gasteiger partial charge in [0.2, 0.25) is 11.1 Å². The Morgan fingerprint density at radius 3 is 2.81 bits per heavy atom. The van der Waals surface area contributed by atoms with Gasteiger partial charge in [0.1, 0.15) is 0 Å². The summed E-state index contributed by atoms with van der Waals surface area (Å²) in [4.78, 5) is 14.5. The average molecular weight is 410 g/mol. The van der Waals surface area contributed by atoms with E-state index in [1.165, 1.54) is 11.8 Å². The van der Waals surface area contributed by atoms with Gasteiger partial charge in [0.15, 0.2) is 9.84 Å². The van der Waals surface area contributed by atoms with Crippen molar-refractivity contribution in [2.45, 2.75) is 37.9 Å². The highest BCUT2D eigenvalue weighted by atomic mass is 32.2. The first-order valence-corrected chi connectivity index (χ1v) is 11.7. The van der Waals surface area contributed by atoms with Gasteiger partial charge in [-0.15, -0.1) is 5.10 Å². The van der Waals surface area contributed by atoms with Crippen LogP contribution in [0, 0.1) is 6.92 Å². The summed E-state index contributed by atoms with van der Waals surface area (Å²) in [6, 6.07) is 7.52. The summed E-state index contributed by atoms with van der Waals surface area (Å²) in [5, 5.41) is 12.3. The zero-order valence-corrected chi connectivity index (χ0v) is 17.0. The third kappa shape index (κ3) is 4.67. The summed E-state index contributed by atoms with van der Waals surface area (Å²) in [5.74, 6) is 0.306. The molecule has 10 heteroatoms. The van der Waals surface area contributed by atoms with Crippen molar-refractivity contribution in [1.82, 2.24) is 25.1 Å². The van der Waals surface area contributed by atoms with Gasteiger partial charge in [-0.2, -0.15) is 4.68 Å². The summed E-state index contributed by atoms with van der Waals surface area (Å²) in [5.41, 5.74) is 1.89. The minimum atomic E-state index is -3.04. The molecule has 1 aromatic heterocycles. The smallest absolute Gasteiger partial charge is 0.233 e. The predicted octanol–water partition coefficient (Wildman–Crippen LogP) is 1.49. The fourth-order valence-electron chi connectivity index (χ4n) is 3.20. The molecule has 0 spiro atoms. The van der Waals surface area contributed by atoms with Crippen LogP contribution in [0.3, 0.4) is 0 Å². The molecule has 0 N–H and O–H groups in total. The Hall–Kier alpha value is -1.94. The standard InChI is InChI=1S/C17H23N5O3S2/c1-3-9-21(14-8-10-27(24,25)12-14)16(23)11-26-17-18-19-20-22(17)15-7-5-4-6-13(15)2/h4-7,14H,3,8-12H2,1-2H3. The first kappa shape index (κ1) is 19.8. The highest BCUT2D eigenvalue weighted by Crippen LogP contribution is 2.23. The number of carbonyl (C=O) groups excluding carboxylic acids is 1. The van der Waals surface area contributed by atoms with E-state index in [1.807, 2.05) is 38.1 Å². The Labute approximate surface area is 163 Å². The molecule has 1 aromatic carbocycles. The van der Waals surface area contributed by atoms with Crippen LogP contribution in [0.2, 0.25) is 0 Å². The highest BCUT2D eigenvalue weighted by Gasteiger charge is 2.34. The van der Waals surface area contributed by atoms with Crippen LogP contribution in [0.5, 0.6) is 0 Å². The zero-order chi connectivity index (χ0) is 19.4. The number of aromatic nitrogens is 4. The number of rotatable bonds is 7. The third-order valence-electron chi connectivity index (χ3n) is 4.54. The molecule has 27 heavy (non-hydrogen) atoms. The molecule has 1 amide bonds. The molecule has 1 saturated heterocycles. The second-order valence-electron chi connectivity index (χ2n) is 6.59. The Morgan fingerprint density at radius 1 is 1.37 bits per heavy atom. The second-order valence-corrected chi connectivity index (χ2v) is 9.76. The van der Waals surface area contributed by atoms with E-state index in [4.69, 9.17) is 0 Å². The molecule has 3 rings (SSSR count). The number of sulfone groups is 1. The van der Waals surface area contributed by atoms with Gasteiger partial charge in [-0.05, 0) is 41.8 Å². The van der Waals surface area contributed by atoms with E-state index in [0.717, 1.165) is 17.7 Å². The monoisotopic (exact) mass is 409 g/mol. The summed E-state index contributed by atoms with van der Waals surface area (Å²) in [6.45, 7) is 4.51. The van der Waals surface area contributed by atoms with Crippen LogP contribution >= 0.6 is 11.8 Å². The van der Waals surface area contributed by atoms with Crippen LogP contribution in [0.25, 0.3) is 5.69 Å². The van der Waals surface area contributed by atoms with E-state index in [-0.39, 0.29) is 29.2 Å². The quantitative estimate of drug-likeness (QED) is 0.639. The zero-order valence-electron chi connectivity index (χ0n) is 15.4. The molecule has 1 unspecified atom stereocenters. The largest absolute Gasteiger partial charge is 0.338 e. The number of carbonyl (C=O) groups is 1. The molecular weight excluding hydrogens is 386 g/mol. The number of benzene rings is 1. The van der Waals surface area contributed by atoms with Gasteiger partial charge < -0.3 is 4.90 Å². The van der Waals surface area contributed by atoms with E-state index in [1.54, 1.807) is 9.58 Å². The number of hydrogen-bond acceptors (Lipinski definition) is 7. The summed E-state index contributed by atoms with van der Waals surface area (Å²) >= 11 is 1.26. The molecule has 0 aliphatic carbocycles. The maximum atomic E-state index is 12.8. The number of tetrazole rings is 1. The predicted molar refractivity (Wildman–Crippen MR) is 104 cm³/mol. The fourth-order valence-corrected chi connectivity index (χ4v) is 5.70. The second kappa shape index (κ2) is 8.39. The maximum Gasteiger partial charge on any atom is 0.233 e. The Bertz CT molecular complexity index is 913. The summed E-state index contributed by atoms with van der Waals surface area (Å²) < 4.78 is 25.2.